The van der Waals surface area contributed by atoms with Crippen LogP contribution in [0.2, 0.25) is 0 Å². The molecule has 118 valence electrons. The van der Waals surface area contributed by atoms with Gasteiger partial charge < -0.3 is 10.1 Å². The average molecular weight is 302 g/mol. The summed E-state index contributed by atoms with van der Waals surface area (Å²) >= 11 is 0. The van der Waals surface area contributed by atoms with Crippen molar-refractivity contribution in [1.29, 1.82) is 0 Å². The molecule has 0 atom stereocenters. The van der Waals surface area contributed by atoms with Gasteiger partial charge in [0.25, 0.3) is 0 Å². The second-order valence-electron chi connectivity index (χ2n) is 7.01. The monoisotopic (exact) mass is 302 g/mol. The zero-order chi connectivity index (χ0) is 16.1. The van der Waals surface area contributed by atoms with Crippen molar-refractivity contribution in [1.82, 2.24) is 20.1 Å². The molecule has 2 heterocycles. The van der Waals surface area contributed by atoms with Gasteiger partial charge >= 0.3 is 6.09 Å². The fourth-order valence-electron chi connectivity index (χ4n) is 2.68. The summed E-state index contributed by atoms with van der Waals surface area (Å²) in [4.78, 5) is 16.6. The first-order valence-electron chi connectivity index (χ1n) is 7.51. The predicted molar refractivity (Wildman–Crippen MR) is 83.5 cm³/mol. The maximum atomic E-state index is 12.1. The molecular formula is C16H22N4O2. The lowest BCUT2D eigenvalue weighted by molar-refractivity contribution is 0.0495. The van der Waals surface area contributed by atoms with E-state index in [1.807, 2.05) is 40.9 Å². The maximum absolute atomic E-state index is 12.1. The number of aryl methyl sites for hydroxylation is 2. The van der Waals surface area contributed by atoms with Gasteiger partial charge in [0, 0.05) is 18.6 Å². The van der Waals surface area contributed by atoms with Gasteiger partial charge in [-0.15, -0.1) is 0 Å². The highest BCUT2D eigenvalue weighted by molar-refractivity contribution is 5.79. The summed E-state index contributed by atoms with van der Waals surface area (Å²) < 4.78 is 7.14. The molecule has 1 saturated carbocycles. The Morgan fingerprint density at radius 2 is 2.09 bits per heavy atom. The molecule has 0 spiro atoms. The Morgan fingerprint density at radius 3 is 2.68 bits per heavy atom. The summed E-state index contributed by atoms with van der Waals surface area (Å²) in [5, 5.41) is 8.41. The molecule has 3 rings (SSSR count). The molecular weight excluding hydrogens is 280 g/mol. The summed E-state index contributed by atoms with van der Waals surface area (Å²) in [5.74, 6) is 0. The number of hydrogen-bond donors (Lipinski definition) is 1. The Hall–Kier alpha value is -2.11. The summed E-state index contributed by atoms with van der Waals surface area (Å²) in [6.07, 6.45) is 3.25. The number of ether oxygens (including phenoxy) is 1. The number of rotatable bonds is 2. The lowest BCUT2D eigenvalue weighted by atomic mass is 10.1. The fraction of sp³-hybridized carbons (Fsp3) is 0.562. The molecule has 1 N–H and O–H groups in total. The Bertz CT molecular complexity index is 738. The zero-order valence-electron chi connectivity index (χ0n) is 13.7. The minimum atomic E-state index is -0.498. The van der Waals surface area contributed by atoms with Gasteiger partial charge in [-0.3, -0.25) is 4.68 Å². The number of nitrogens with zero attached hydrogens (tertiary/aromatic N) is 3. The van der Waals surface area contributed by atoms with Crippen LogP contribution in [-0.2, 0) is 17.3 Å². The smallest absolute Gasteiger partial charge is 0.408 e. The number of hydrogen-bond acceptors (Lipinski definition) is 4. The molecule has 0 radical (unpaired) electrons. The second-order valence-corrected chi connectivity index (χ2v) is 7.01. The molecule has 1 aliphatic rings. The number of amides is 1. The van der Waals surface area contributed by atoms with Gasteiger partial charge in [0.1, 0.15) is 5.60 Å². The number of carbonyl (C=O) groups is 1. The van der Waals surface area contributed by atoms with Crippen LogP contribution in [-0.4, -0.2) is 26.5 Å². The van der Waals surface area contributed by atoms with Gasteiger partial charge in [-0.25, -0.2) is 9.78 Å². The van der Waals surface area contributed by atoms with Crippen LogP contribution in [0.5, 0.6) is 0 Å². The maximum Gasteiger partial charge on any atom is 0.408 e. The minimum absolute atomic E-state index is 0.341. The van der Waals surface area contributed by atoms with Gasteiger partial charge in [-0.2, -0.15) is 5.10 Å². The normalized spacial score (nSPS) is 16.6. The number of pyridine rings is 1. The molecule has 22 heavy (non-hydrogen) atoms. The molecule has 2 aromatic heterocycles. The van der Waals surface area contributed by atoms with E-state index in [1.54, 1.807) is 4.68 Å². The third-order valence-corrected chi connectivity index (χ3v) is 3.91. The van der Waals surface area contributed by atoms with Gasteiger partial charge in [-0.1, -0.05) is 0 Å². The van der Waals surface area contributed by atoms with Gasteiger partial charge in [0.15, 0.2) is 5.65 Å². The quantitative estimate of drug-likeness (QED) is 0.926. The first-order chi connectivity index (χ1) is 10.2. The van der Waals surface area contributed by atoms with Crippen LogP contribution in [0.1, 0.15) is 44.9 Å². The number of fused-ring (bicyclic) bond motifs is 1. The lowest BCUT2D eigenvalue weighted by Gasteiger charge is -2.23. The van der Waals surface area contributed by atoms with E-state index in [-0.39, 0.29) is 11.6 Å². The van der Waals surface area contributed by atoms with E-state index in [1.165, 1.54) is 0 Å². The molecule has 2 aromatic rings. The molecule has 0 unspecified atom stereocenters. The molecule has 0 bridgehead atoms. The Morgan fingerprint density at radius 1 is 1.41 bits per heavy atom. The van der Waals surface area contributed by atoms with E-state index < -0.39 is 5.60 Å². The van der Waals surface area contributed by atoms with E-state index in [0.717, 1.165) is 35.1 Å². The molecule has 6 heteroatoms. The van der Waals surface area contributed by atoms with E-state index in [0.29, 0.717) is 0 Å². The van der Waals surface area contributed by atoms with Crippen LogP contribution in [0.15, 0.2) is 12.3 Å². The molecule has 1 aliphatic carbocycles. The molecule has 0 aliphatic heterocycles. The van der Waals surface area contributed by atoms with E-state index in [4.69, 9.17) is 4.74 Å². The van der Waals surface area contributed by atoms with E-state index in [9.17, 15) is 4.79 Å². The molecule has 6 nitrogen and oxygen atoms in total. The van der Waals surface area contributed by atoms with Gasteiger partial charge in [-0.05, 0) is 52.2 Å². The second kappa shape index (κ2) is 4.69. The van der Waals surface area contributed by atoms with Crippen LogP contribution in [0, 0.1) is 6.92 Å². The Kier molecular flexibility index (Phi) is 3.16. The lowest BCUT2D eigenvalue weighted by Crippen LogP contribution is -2.39. The number of nitrogens with one attached hydrogen (secondary N) is 1. The zero-order valence-corrected chi connectivity index (χ0v) is 13.7. The van der Waals surface area contributed by atoms with Crippen LogP contribution in [0.3, 0.4) is 0 Å². The highest BCUT2D eigenvalue weighted by Crippen LogP contribution is 2.46. The number of carbonyl (C=O) groups excluding carboxylic acids is 1. The SMILES string of the molecule is Cc1nn(C)c2ncc(C3(NC(=O)OC(C)(C)C)CC3)cc12. The van der Waals surface area contributed by atoms with Gasteiger partial charge in [0.05, 0.1) is 11.2 Å². The third-order valence-electron chi connectivity index (χ3n) is 3.91. The first-order valence-corrected chi connectivity index (χ1v) is 7.51. The van der Waals surface area contributed by atoms with Crippen LogP contribution < -0.4 is 5.32 Å². The van der Waals surface area contributed by atoms with E-state index >= 15 is 0 Å². The molecule has 1 fully saturated rings. The average Bonchev–Trinajstić information content (AvgIpc) is 3.10. The van der Waals surface area contributed by atoms with Crippen molar-refractivity contribution in [2.24, 2.45) is 7.05 Å². The van der Waals surface area contributed by atoms with Crippen molar-refractivity contribution in [2.45, 2.75) is 51.7 Å². The van der Waals surface area contributed by atoms with Crippen molar-refractivity contribution >= 4 is 17.1 Å². The summed E-state index contributed by atoms with van der Waals surface area (Å²) in [7, 11) is 1.88. The van der Waals surface area contributed by atoms with Crippen LogP contribution in [0.4, 0.5) is 4.79 Å². The van der Waals surface area contributed by atoms with Crippen molar-refractivity contribution in [3.8, 4) is 0 Å². The van der Waals surface area contributed by atoms with Crippen molar-refractivity contribution in [3.05, 3.63) is 23.5 Å². The Balaban J connectivity index is 1.87. The van der Waals surface area contributed by atoms with Crippen LogP contribution in [0.25, 0.3) is 11.0 Å². The van der Waals surface area contributed by atoms with Crippen molar-refractivity contribution in [2.75, 3.05) is 0 Å². The Labute approximate surface area is 129 Å². The largest absolute Gasteiger partial charge is 0.444 e. The summed E-state index contributed by atoms with van der Waals surface area (Å²) in [6, 6.07) is 2.08. The van der Waals surface area contributed by atoms with Crippen molar-refractivity contribution in [3.63, 3.8) is 0 Å². The number of alkyl carbamates (subject to hydrolysis) is 1. The molecule has 1 amide bonds. The third kappa shape index (κ3) is 2.65. The fourth-order valence-corrected chi connectivity index (χ4v) is 2.68. The molecule has 0 saturated heterocycles. The van der Waals surface area contributed by atoms with Crippen molar-refractivity contribution < 1.29 is 9.53 Å². The highest BCUT2D eigenvalue weighted by Gasteiger charge is 2.47. The number of aromatic nitrogens is 3. The van der Waals surface area contributed by atoms with E-state index in [2.05, 4.69) is 21.5 Å². The molecule has 0 aromatic carbocycles. The topological polar surface area (TPSA) is 69.0 Å². The summed E-state index contributed by atoms with van der Waals surface area (Å²) in [5.41, 5.74) is 1.98. The standard InChI is InChI=1S/C16H22N4O2/c1-10-12-8-11(9-17-13(12)20(5)19-10)16(6-7-16)18-14(21)22-15(2,3)4/h8-9H,6-7H2,1-5H3,(H,18,21). The highest BCUT2D eigenvalue weighted by atomic mass is 16.6. The summed E-state index contributed by atoms with van der Waals surface area (Å²) in [6.45, 7) is 7.55. The predicted octanol–water partition coefficient (Wildman–Crippen LogP) is 2.79. The minimum Gasteiger partial charge on any atom is -0.444 e. The first kappa shape index (κ1) is 14.8. The van der Waals surface area contributed by atoms with Crippen LogP contribution >= 0.6 is 0 Å². The van der Waals surface area contributed by atoms with Gasteiger partial charge in [0.2, 0.25) is 0 Å².